The molecule has 0 bridgehead atoms. The standard InChI is InChI=1S/C14H7BrCl2N2O2/c15-13-4-2-10(21-13)5-8(7-18)14(20)19-9-1-3-11(16)12(17)6-9/h1-6H,(H,19,20)/b8-5+. The molecule has 1 aromatic carbocycles. The predicted octanol–water partition coefficient (Wildman–Crippen LogP) is 4.89. The molecule has 1 N–H and O–H groups in total. The van der Waals surface area contributed by atoms with Crippen LogP contribution in [0.3, 0.4) is 0 Å². The van der Waals surface area contributed by atoms with Gasteiger partial charge in [-0.05, 0) is 46.3 Å². The van der Waals surface area contributed by atoms with Crippen LogP contribution in [0.2, 0.25) is 10.0 Å². The zero-order valence-corrected chi connectivity index (χ0v) is 13.5. The molecule has 0 unspecified atom stereocenters. The zero-order valence-electron chi connectivity index (χ0n) is 10.4. The number of hydrogen-bond acceptors (Lipinski definition) is 3. The molecule has 0 saturated heterocycles. The van der Waals surface area contributed by atoms with Crippen LogP contribution in [0.5, 0.6) is 0 Å². The van der Waals surface area contributed by atoms with Gasteiger partial charge in [0.1, 0.15) is 17.4 Å². The Bertz CT molecular complexity index is 763. The van der Waals surface area contributed by atoms with Crippen molar-refractivity contribution in [3.8, 4) is 6.07 Å². The first-order valence-corrected chi connectivity index (χ1v) is 7.18. The first kappa shape index (κ1) is 15.6. The number of nitrogens with one attached hydrogen (secondary N) is 1. The molecule has 0 saturated carbocycles. The smallest absolute Gasteiger partial charge is 0.266 e. The van der Waals surface area contributed by atoms with E-state index in [0.717, 1.165) is 0 Å². The molecule has 21 heavy (non-hydrogen) atoms. The van der Waals surface area contributed by atoms with E-state index in [1.807, 2.05) is 6.07 Å². The normalized spacial score (nSPS) is 11.0. The van der Waals surface area contributed by atoms with Crippen LogP contribution >= 0.6 is 39.1 Å². The summed E-state index contributed by atoms with van der Waals surface area (Å²) in [6.07, 6.45) is 1.34. The summed E-state index contributed by atoms with van der Waals surface area (Å²) in [5.41, 5.74) is 0.346. The topological polar surface area (TPSA) is 66.0 Å². The van der Waals surface area contributed by atoms with Gasteiger partial charge in [-0.25, -0.2) is 0 Å². The number of benzene rings is 1. The highest BCUT2D eigenvalue weighted by molar-refractivity contribution is 9.10. The largest absolute Gasteiger partial charge is 0.450 e. The average Bonchev–Trinajstić information content (AvgIpc) is 2.85. The molecule has 0 radical (unpaired) electrons. The predicted molar refractivity (Wildman–Crippen MR) is 85.1 cm³/mol. The number of anilines is 1. The van der Waals surface area contributed by atoms with Crippen LogP contribution in [-0.2, 0) is 4.79 Å². The van der Waals surface area contributed by atoms with Gasteiger partial charge in [-0.1, -0.05) is 23.2 Å². The molecule has 0 spiro atoms. The van der Waals surface area contributed by atoms with Crippen molar-refractivity contribution < 1.29 is 9.21 Å². The second-order valence-electron chi connectivity index (χ2n) is 3.89. The van der Waals surface area contributed by atoms with Crippen LogP contribution in [0.1, 0.15) is 5.76 Å². The summed E-state index contributed by atoms with van der Waals surface area (Å²) < 4.78 is 5.73. The van der Waals surface area contributed by atoms with Crippen molar-refractivity contribution in [3.63, 3.8) is 0 Å². The highest BCUT2D eigenvalue weighted by atomic mass is 79.9. The van der Waals surface area contributed by atoms with E-state index in [2.05, 4.69) is 21.2 Å². The molecule has 0 aliphatic rings. The lowest BCUT2D eigenvalue weighted by molar-refractivity contribution is -0.112. The molecule has 1 heterocycles. The van der Waals surface area contributed by atoms with E-state index in [9.17, 15) is 4.79 Å². The highest BCUT2D eigenvalue weighted by Crippen LogP contribution is 2.25. The molecule has 1 amide bonds. The Morgan fingerprint density at radius 3 is 2.62 bits per heavy atom. The molecule has 0 atom stereocenters. The molecule has 7 heteroatoms. The summed E-state index contributed by atoms with van der Waals surface area (Å²) in [6.45, 7) is 0. The second-order valence-corrected chi connectivity index (χ2v) is 5.49. The summed E-state index contributed by atoms with van der Waals surface area (Å²) in [4.78, 5) is 12.0. The summed E-state index contributed by atoms with van der Waals surface area (Å²) in [6, 6.07) is 9.76. The van der Waals surface area contributed by atoms with Crippen LogP contribution < -0.4 is 5.32 Å². The number of furan rings is 1. The van der Waals surface area contributed by atoms with Crippen molar-refractivity contribution >= 4 is 56.8 Å². The van der Waals surface area contributed by atoms with Gasteiger partial charge in [0.15, 0.2) is 4.67 Å². The minimum Gasteiger partial charge on any atom is -0.450 e. The molecule has 0 aliphatic carbocycles. The van der Waals surface area contributed by atoms with Crippen LogP contribution in [0.25, 0.3) is 6.08 Å². The minimum atomic E-state index is -0.566. The van der Waals surface area contributed by atoms with Gasteiger partial charge in [-0.15, -0.1) is 0 Å². The Kier molecular flexibility index (Phi) is 5.07. The van der Waals surface area contributed by atoms with Crippen LogP contribution in [0, 0.1) is 11.3 Å². The third-order valence-electron chi connectivity index (χ3n) is 2.42. The first-order chi connectivity index (χ1) is 9.99. The third kappa shape index (κ3) is 4.11. The van der Waals surface area contributed by atoms with Crippen molar-refractivity contribution in [2.24, 2.45) is 0 Å². The molecule has 106 valence electrons. The highest BCUT2D eigenvalue weighted by Gasteiger charge is 2.11. The number of nitrogens with zero attached hydrogens (tertiary/aromatic N) is 1. The Morgan fingerprint density at radius 2 is 2.05 bits per heavy atom. The monoisotopic (exact) mass is 384 g/mol. The maximum absolute atomic E-state index is 12.0. The van der Waals surface area contributed by atoms with Gasteiger partial charge in [0.25, 0.3) is 5.91 Å². The minimum absolute atomic E-state index is 0.0945. The third-order valence-corrected chi connectivity index (χ3v) is 3.59. The van der Waals surface area contributed by atoms with E-state index in [0.29, 0.717) is 26.2 Å². The van der Waals surface area contributed by atoms with Gasteiger partial charge < -0.3 is 9.73 Å². The van der Waals surface area contributed by atoms with E-state index < -0.39 is 5.91 Å². The molecular weight excluding hydrogens is 379 g/mol. The Labute approximate surface area is 139 Å². The lowest BCUT2D eigenvalue weighted by Gasteiger charge is -2.05. The number of carbonyl (C=O) groups is 1. The van der Waals surface area contributed by atoms with Gasteiger partial charge in [0.05, 0.1) is 10.0 Å². The number of hydrogen-bond donors (Lipinski definition) is 1. The number of amides is 1. The SMILES string of the molecule is N#C/C(=C\c1ccc(Br)o1)C(=O)Nc1ccc(Cl)c(Cl)c1. The van der Waals surface area contributed by atoms with Crippen molar-refractivity contribution in [3.05, 3.63) is 56.4 Å². The molecule has 0 fully saturated rings. The lowest BCUT2D eigenvalue weighted by Crippen LogP contribution is -2.13. The Morgan fingerprint density at radius 1 is 1.29 bits per heavy atom. The van der Waals surface area contributed by atoms with E-state index in [-0.39, 0.29) is 5.57 Å². The quantitative estimate of drug-likeness (QED) is 0.603. The van der Waals surface area contributed by atoms with Gasteiger partial charge in [-0.3, -0.25) is 4.79 Å². The summed E-state index contributed by atoms with van der Waals surface area (Å²) in [5.74, 6) is -0.175. The molecule has 1 aromatic heterocycles. The number of carbonyl (C=O) groups excluding carboxylic acids is 1. The molecular formula is C14H7BrCl2N2O2. The number of halogens is 3. The van der Waals surface area contributed by atoms with Crippen molar-refractivity contribution in [1.29, 1.82) is 5.26 Å². The van der Waals surface area contributed by atoms with Crippen molar-refractivity contribution in [1.82, 2.24) is 0 Å². The lowest BCUT2D eigenvalue weighted by atomic mass is 10.2. The molecule has 2 rings (SSSR count). The van der Waals surface area contributed by atoms with Crippen molar-refractivity contribution in [2.45, 2.75) is 0 Å². The zero-order chi connectivity index (χ0) is 15.4. The fourth-order valence-corrected chi connectivity index (χ4v) is 2.09. The summed E-state index contributed by atoms with van der Waals surface area (Å²) >= 11 is 14.8. The summed E-state index contributed by atoms with van der Waals surface area (Å²) in [5, 5.41) is 12.3. The molecule has 0 aliphatic heterocycles. The van der Waals surface area contributed by atoms with Gasteiger partial charge in [-0.2, -0.15) is 5.26 Å². The average molecular weight is 386 g/mol. The maximum Gasteiger partial charge on any atom is 0.266 e. The second kappa shape index (κ2) is 6.81. The summed E-state index contributed by atoms with van der Waals surface area (Å²) in [7, 11) is 0. The Hall–Kier alpha value is -1.74. The van der Waals surface area contributed by atoms with Gasteiger partial charge in [0.2, 0.25) is 0 Å². The molecule has 2 aromatic rings. The molecule has 4 nitrogen and oxygen atoms in total. The van der Waals surface area contributed by atoms with Crippen LogP contribution in [0.15, 0.2) is 45.0 Å². The van der Waals surface area contributed by atoms with Gasteiger partial charge in [0, 0.05) is 11.8 Å². The van der Waals surface area contributed by atoms with Crippen molar-refractivity contribution in [2.75, 3.05) is 5.32 Å². The number of nitriles is 1. The number of rotatable bonds is 3. The van der Waals surface area contributed by atoms with E-state index in [1.54, 1.807) is 24.3 Å². The maximum atomic E-state index is 12.0. The van der Waals surface area contributed by atoms with E-state index >= 15 is 0 Å². The van der Waals surface area contributed by atoms with Crippen LogP contribution in [-0.4, -0.2) is 5.91 Å². The Balaban J connectivity index is 2.19. The first-order valence-electron chi connectivity index (χ1n) is 5.63. The fourth-order valence-electron chi connectivity index (χ4n) is 1.47. The van der Waals surface area contributed by atoms with Gasteiger partial charge >= 0.3 is 0 Å². The van der Waals surface area contributed by atoms with E-state index in [1.165, 1.54) is 12.1 Å². The van der Waals surface area contributed by atoms with Crippen LogP contribution in [0.4, 0.5) is 5.69 Å². The van der Waals surface area contributed by atoms with E-state index in [4.69, 9.17) is 32.9 Å². The fraction of sp³-hybridized carbons (Fsp3) is 0.